The first-order valence-electron chi connectivity index (χ1n) is 10.8. The number of piperidine rings is 1. The highest BCUT2D eigenvalue weighted by Crippen LogP contribution is 2.24. The molecule has 160 valence electrons. The van der Waals surface area contributed by atoms with Gasteiger partial charge in [0.2, 0.25) is 5.91 Å². The summed E-state index contributed by atoms with van der Waals surface area (Å²) < 4.78 is 5.44. The van der Waals surface area contributed by atoms with Crippen LogP contribution in [0.4, 0.5) is 11.6 Å². The van der Waals surface area contributed by atoms with Gasteiger partial charge in [0, 0.05) is 44.0 Å². The van der Waals surface area contributed by atoms with E-state index in [-0.39, 0.29) is 11.9 Å². The van der Waals surface area contributed by atoms with E-state index in [0.29, 0.717) is 11.6 Å². The van der Waals surface area contributed by atoms with Gasteiger partial charge in [0.25, 0.3) is 0 Å². The minimum Gasteiger partial charge on any atom is -0.378 e. The van der Waals surface area contributed by atoms with Crippen molar-refractivity contribution in [2.24, 2.45) is 0 Å². The quantitative estimate of drug-likeness (QED) is 0.811. The monoisotopic (exact) mass is 410 g/mol. The summed E-state index contributed by atoms with van der Waals surface area (Å²) in [6.45, 7) is 8.57. The summed E-state index contributed by atoms with van der Waals surface area (Å²) in [6.07, 6.45) is 5.19. The van der Waals surface area contributed by atoms with Crippen LogP contribution in [0.1, 0.15) is 32.0 Å². The number of pyridine rings is 1. The molecule has 8 nitrogen and oxygen atoms in total. The van der Waals surface area contributed by atoms with Crippen molar-refractivity contribution in [3.8, 4) is 11.3 Å². The first-order chi connectivity index (χ1) is 14.6. The summed E-state index contributed by atoms with van der Waals surface area (Å²) in [6, 6.07) is 5.59. The molecule has 1 unspecified atom stereocenters. The SMILES string of the molecule is Cc1nc(NC(C)C(=O)N2CCCCC2)cc(-c2ccnc(N3CCOCC3)c2)n1. The summed E-state index contributed by atoms with van der Waals surface area (Å²) in [4.78, 5) is 30.6. The Hall–Kier alpha value is -2.74. The van der Waals surface area contributed by atoms with Crippen molar-refractivity contribution in [1.29, 1.82) is 0 Å². The van der Waals surface area contributed by atoms with Crippen LogP contribution in [-0.2, 0) is 9.53 Å². The number of carbonyl (C=O) groups is 1. The van der Waals surface area contributed by atoms with Gasteiger partial charge in [-0.1, -0.05) is 0 Å². The smallest absolute Gasteiger partial charge is 0.244 e. The van der Waals surface area contributed by atoms with Gasteiger partial charge in [-0.15, -0.1) is 0 Å². The van der Waals surface area contributed by atoms with Gasteiger partial charge in [0.05, 0.1) is 18.9 Å². The van der Waals surface area contributed by atoms with Gasteiger partial charge in [0.15, 0.2) is 0 Å². The van der Waals surface area contributed by atoms with E-state index in [1.807, 2.05) is 37.1 Å². The van der Waals surface area contributed by atoms with Crippen LogP contribution in [0.15, 0.2) is 24.4 Å². The highest BCUT2D eigenvalue weighted by Gasteiger charge is 2.22. The Bertz CT molecular complexity index is 878. The van der Waals surface area contributed by atoms with Gasteiger partial charge in [0.1, 0.15) is 23.5 Å². The number of nitrogens with zero attached hydrogens (tertiary/aromatic N) is 5. The molecule has 4 heterocycles. The van der Waals surface area contributed by atoms with Crippen LogP contribution in [0.5, 0.6) is 0 Å². The standard InChI is InChI=1S/C22H30N6O2/c1-16(22(29)28-8-4-3-5-9-28)24-20-15-19(25-17(2)26-20)18-6-7-23-21(14-18)27-10-12-30-13-11-27/h6-7,14-16H,3-5,8-13H2,1-2H3,(H,24,25,26). The Morgan fingerprint density at radius 1 is 1.10 bits per heavy atom. The number of carbonyl (C=O) groups excluding carboxylic acids is 1. The lowest BCUT2D eigenvalue weighted by atomic mass is 10.1. The highest BCUT2D eigenvalue weighted by atomic mass is 16.5. The van der Waals surface area contributed by atoms with Crippen LogP contribution in [0.2, 0.25) is 0 Å². The van der Waals surface area contributed by atoms with E-state index >= 15 is 0 Å². The minimum absolute atomic E-state index is 0.131. The second-order valence-electron chi connectivity index (χ2n) is 7.94. The average Bonchev–Trinajstić information content (AvgIpc) is 2.79. The summed E-state index contributed by atoms with van der Waals surface area (Å²) in [5.41, 5.74) is 1.80. The number of hydrogen-bond donors (Lipinski definition) is 1. The van der Waals surface area contributed by atoms with Crippen LogP contribution in [-0.4, -0.2) is 71.2 Å². The zero-order chi connectivity index (χ0) is 20.9. The lowest BCUT2D eigenvalue weighted by Crippen LogP contribution is -2.44. The molecule has 1 N–H and O–H groups in total. The summed E-state index contributed by atoms with van der Waals surface area (Å²) >= 11 is 0. The second kappa shape index (κ2) is 9.38. The van der Waals surface area contributed by atoms with Crippen LogP contribution in [0.3, 0.4) is 0 Å². The first kappa shape index (κ1) is 20.5. The summed E-state index contributed by atoms with van der Waals surface area (Å²) in [7, 11) is 0. The number of morpholine rings is 1. The van der Waals surface area contributed by atoms with Crippen molar-refractivity contribution in [3.05, 3.63) is 30.2 Å². The van der Waals surface area contributed by atoms with E-state index in [9.17, 15) is 4.79 Å². The van der Waals surface area contributed by atoms with Crippen molar-refractivity contribution < 1.29 is 9.53 Å². The number of aromatic nitrogens is 3. The molecule has 0 spiro atoms. The Morgan fingerprint density at radius 2 is 1.87 bits per heavy atom. The van der Waals surface area contributed by atoms with Crippen molar-refractivity contribution in [2.45, 2.75) is 39.2 Å². The molecule has 0 aromatic carbocycles. The molecule has 1 amide bonds. The van der Waals surface area contributed by atoms with Crippen molar-refractivity contribution in [3.63, 3.8) is 0 Å². The van der Waals surface area contributed by atoms with Gasteiger partial charge in [-0.05, 0) is 45.2 Å². The van der Waals surface area contributed by atoms with Gasteiger partial charge in [-0.3, -0.25) is 4.79 Å². The molecule has 4 rings (SSSR count). The fourth-order valence-electron chi connectivity index (χ4n) is 4.00. The van der Waals surface area contributed by atoms with E-state index in [1.165, 1.54) is 6.42 Å². The number of ether oxygens (including phenoxy) is 1. The Balaban J connectivity index is 1.51. The molecule has 0 saturated carbocycles. The van der Waals surface area contributed by atoms with E-state index in [1.54, 1.807) is 0 Å². The Morgan fingerprint density at radius 3 is 2.63 bits per heavy atom. The predicted molar refractivity (Wildman–Crippen MR) is 117 cm³/mol. The summed E-state index contributed by atoms with van der Waals surface area (Å²) in [5, 5.41) is 3.28. The molecule has 1 atom stereocenters. The molecule has 2 fully saturated rings. The lowest BCUT2D eigenvalue weighted by molar-refractivity contribution is -0.132. The Labute approximate surface area is 177 Å². The molecular weight excluding hydrogens is 380 g/mol. The minimum atomic E-state index is -0.327. The largest absolute Gasteiger partial charge is 0.378 e. The number of rotatable bonds is 5. The zero-order valence-electron chi connectivity index (χ0n) is 17.8. The molecule has 2 aliphatic heterocycles. The fourth-order valence-corrected chi connectivity index (χ4v) is 4.00. The molecule has 0 aliphatic carbocycles. The van der Waals surface area contributed by atoms with E-state index in [0.717, 1.165) is 69.3 Å². The third-order valence-electron chi connectivity index (χ3n) is 5.62. The number of anilines is 2. The summed E-state index contributed by atoms with van der Waals surface area (Å²) in [5.74, 6) is 2.39. The van der Waals surface area contributed by atoms with Gasteiger partial charge in [-0.2, -0.15) is 0 Å². The van der Waals surface area contributed by atoms with Crippen molar-refractivity contribution >= 4 is 17.5 Å². The van der Waals surface area contributed by atoms with E-state index in [2.05, 4.69) is 31.2 Å². The van der Waals surface area contributed by atoms with Crippen molar-refractivity contribution in [2.75, 3.05) is 49.6 Å². The molecular formula is C22H30N6O2. The van der Waals surface area contributed by atoms with Crippen LogP contribution < -0.4 is 10.2 Å². The second-order valence-corrected chi connectivity index (χ2v) is 7.94. The molecule has 2 saturated heterocycles. The maximum atomic E-state index is 12.8. The van der Waals surface area contributed by atoms with Gasteiger partial charge >= 0.3 is 0 Å². The number of likely N-dealkylation sites (tertiary alicyclic amines) is 1. The van der Waals surface area contributed by atoms with Crippen LogP contribution in [0.25, 0.3) is 11.3 Å². The fraction of sp³-hybridized carbons (Fsp3) is 0.545. The maximum absolute atomic E-state index is 12.8. The number of aryl methyl sites for hydroxylation is 1. The molecule has 2 aromatic heterocycles. The van der Waals surface area contributed by atoms with Gasteiger partial charge < -0.3 is 19.9 Å². The normalized spacial score (nSPS) is 18.2. The van der Waals surface area contributed by atoms with E-state index in [4.69, 9.17) is 4.74 Å². The topological polar surface area (TPSA) is 83.5 Å². The number of amides is 1. The third kappa shape index (κ3) is 4.87. The zero-order valence-corrected chi connectivity index (χ0v) is 17.8. The lowest BCUT2D eigenvalue weighted by Gasteiger charge is -2.29. The number of hydrogen-bond acceptors (Lipinski definition) is 7. The van der Waals surface area contributed by atoms with Crippen LogP contribution in [0, 0.1) is 6.92 Å². The van der Waals surface area contributed by atoms with Crippen molar-refractivity contribution in [1.82, 2.24) is 19.9 Å². The highest BCUT2D eigenvalue weighted by molar-refractivity contribution is 5.84. The molecule has 30 heavy (non-hydrogen) atoms. The maximum Gasteiger partial charge on any atom is 0.244 e. The molecule has 2 aromatic rings. The molecule has 8 heteroatoms. The molecule has 0 bridgehead atoms. The van der Waals surface area contributed by atoms with Gasteiger partial charge in [-0.25, -0.2) is 15.0 Å². The molecule has 0 radical (unpaired) electrons. The van der Waals surface area contributed by atoms with E-state index < -0.39 is 0 Å². The first-order valence-corrected chi connectivity index (χ1v) is 10.8. The molecule has 2 aliphatic rings. The average molecular weight is 411 g/mol. The van der Waals surface area contributed by atoms with Crippen LogP contribution >= 0.6 is 0 Å². The third-order valence-corrected chi connectivity index (χ3v) is 5.62. The predicted octanol–water partition coefficient (Wildman–Crippen LogP) is 2.50. The Kier molecular flexibility index (Phi) is 6.42. The number of nitrogens with one attached hydrogen (secondary N) is 1.